The average Bonchev–Trinajstić information content (AvgIpc) is 3.15. The van der Waals surface area contributed by atoms with E-state index in [0.29, 0.717) is 12.6 Å². The van der Waals surface area contributed by atoms with Gasteiger partial charge in [0.2, 0.25) is 0 Å². The predicted molar refractivity (Wildman–Crippen MR) is 110 cm³/mol. The van der Waals surface area contributed by atoms with Crippen molar-refractivity contribution in [1.29, 1.82) is 0 Å². The molecule has 2 saturated heterocycles. The smallest absolute Gasteiger partial charge is 0.145 e. The lowest BCUT2D eigenvalue weighted by atomic mass is 9.90. The van der Waals surface area contributed by atoms with Crippen molar-refractivity contribution in [2.24, 2.45) is 5.41 Å². The van der Waals surface area contributed by atoms with Gasteiger partial charge in [0.15, 0.2) is 0 Å². The Labute approximate surface area is 169 Å². The van der Waals surface area contributed by atoms with Crippen LogP contribution >= 0.6 is 0 Å². The number of rotatable bonds is 6. The lowest BCUT2D eigenvalue weighted by molar-refractivity contribution is -0.120. The number of fused-ring (bicyclic) bond motifs is 1. The number of imidazole rings is 1. The van der Waals surface area contributed by atoms with Gasteiger partial charge in [-0.25, -0.2) is 9.97 Å². The summed E-state index contributed by atoms with van der Waals surface area (Å²) in [5.74, 6) is 1.61. The summed E-state index contributed by atoms with van der Waals surface area (Å²) in [5.41, 5.74) is 2.64. The Hall–Kier alpha value is -2.71. The van der Waals surface area contributed by atoms with Crippen LogP contribution in [0.5, 0.6) is 5.75 Å². The first kappa shape index (κ1) is 18.3. The Morgan fingerprint density at radius 2 is 2.28 bits per heavy atom. The van der Waals surface area contributed by atoms with Gasteiger partial charge in [0, 0.05) is 30.3 Å². The van der Waals surface area contributed by atoms with Gasteiger partial charge in [-0.05, 0) is 25.5 Å². The second-order valence-corrected chi connectivity index (χ2v) is 8.30. The molecule has 3 aromatic rings. The van der Waals surface area contributed by atoms with Gasteiger partial charge in [-0.2, -0.15) is 0 Å². The highest BCUT2D eigenvalue weighted by atomic mass is 16.5. The van der Waals surface area contributed by atoms with Crippen molar-refractivity contribution < 1.29 is 9.47 Å². The zero-order chi connectivity index (χ0) is 19.7. The maximum atomic E-state index is 5.96. The van der Waals surface area contributed by atoms with E-state index in [4.69, 9.17) is 14.5 Å². The van der Waals surface area contributed by atoms with Crippen molar-refractivity contribution in [2.45, 2.75) is 25.8 Å². The van der Waals surface area contributed by atoms with Crippen LogP contribution in [0.3, 0.4) is 0 Å². The Morgan fingerprint density at radius 1 is 1.34 bits per heavy atom. The number of ether oxygens (including phenoxy) is 2. The van der Waals surface area contributed by atoms with E-state index in [0.717, 1.165) is 61.3 Å². The van der Waals surface area contributed by atoms with E-state index in [1.807, 2.05) is 28.9 Å². The summed E-state index contributed by atoms with van der Waals surface area (Å²) in [6.45, 7) is 6.36. The van der Waals surface area contributed by atoms with E-state index < -0.39 is 0 Å². The molecule has 3 aromatic heterocycles. The van der Waals surface area contributed by atoms with Crippen molar-refractivity contribution in [1.82, 2.24) is 24.7 Å². The van der Waals surface area contributed by atoms with Gasteiger partial charge in [-0.1, -0.05) is 6.92 Å². The molecule has 5 heterocycles. The molecular formula is C21H26N6O2. The molecule has 0 unspecified atom stereocenters. The summed E-state index contributed by atoms with van der Waals surface area (Å²) in [6, 6.07) is 4.30. The zero-order valence-electron chi connectivity index (χ0n) is 16.6. The molecule has 0 spiro atoms. The molecular weight excluding hydrogens is 368 g/mol. The van der Waals surface area contributed by atoms with Gasteiger partial charge in [0.1, 0.15) is 22.9 Å². The van der Waals surface area contributed by atoms with E-state index in [9.17, 15) is 0 Å². The molecule has 2 N–H and O–H groups in total. The predicted octanol–water partition coefficient (Wildman–Crippen LogP) is 2.37. The molecule has 5 rings (SSSR count). The number of hydrogen-bond donors (Lipinski definition) is 2. The number of nitrogens with one attached hydrogen (secondary N) is 2. The molecule has 0 radical (unpaired) electrons. The molecule has 2 fully saturated rings. The van der Waals surface area contributed by atoms with Crippen LogP contribution in [0.1, 0.15) is 19.8 Å². The van der Waals surface area contributed by atoms with E-state index in [1.54, 1.807) is 12.4 Å². The van der Waals surface area contributed by atoms with E-state index in [-0.39, 0.29) is 5.41 Å². The molecule has 0 aromatic carbocycles. The lowest BCUT2D eigenvalue weighted by Gasteiger charge is -2.37. The first-order chi connectivity index (χ1) is 14.2. The van der Waals surface area contributed by atoms with Gasteiger partial charge >= 0.3 is 0 Å². The van der Waals surface area contributed by atoms with Crippen LogP contribution < -0.4 is 15.4 Å². The normalized spacial score (nSPS) is 20.9. The molecule has 0 bridgehead atoms. The molecule has 8 nitrogen and oxygen atoms in total. The summed E-state index contributed by atoms with van der Waals surface area (Å²) in [4.78, 5) is 13.7. The summed E-state index contributed by atoms with van der Waals surface area (Å²) in [6.07, 6.45) is 9.67. The Balaban J connectivity index is 1.34. The molecule has 8 heteroatoms. The quantitative estimate of drug-likeness (QED) is 0.664. The summed E-state index contributed by atoms with van der Waals surface area (Å²) in [7, 11) is 0. The topological polar surface area (TPSA) is 85.6 Å². The second-order valence-electron chi connectivity index (χ2n) is 8.30. The van der Waals surface area contributed by atoms with Crippen molar-refractivity contribution >= 4 is 11.5 Å². The molecule has 0 aliphatic carbocycles. The van der Waals surface area contributed by atoms with E-state index >= 15 is 0 Å². The third kappa shape index (κ3) is 3.90. The van der Waals surface area contributed by atoms with Crippen molar-refractivity contribution in [3.8, 4) is 17.1 Å². The number of hydrogen-bond acceptors (Lipinski definition) is 7. The fraction of sp³-hybridized carbons (Fsp3) is 0.476. The van der Waals surface area contributed by atoms with Crippen LogP contribution in [0, 0.1) is 5.41 Å². The second kappa shape index (κ2) is 7.61. The highest BCUT2D eigenvalue weighted by molar-refractivity contribution is 5.61. The maximum Gasteiger partial charge on any atom is 0.145 e. The van der Waals surface area contributed by atoms with Crippen molar-refractivity contribution in [3.63, 3.8) is 0 Å². The number of aromatic nitrogens is 4. The van der Waals surface area contributed by atoms with Crippen LogP contribution in [0.15, 0.2) is 36.9 Å². The molecule has 2 aliphatic rings. The molecule has 1 atom stereocenters. The molecule has 152 valence electrons. The minimum atomic E-state index is 0.115. The Bertz CT molecular complexity index is 994. The molecule has 0 saturated carbocycles. The van der Waals surface area contributed by atoms with Crippen LogP contribution in [0.25, 0.3) is 17.0 Å². The zero-order valence-corrected chi connectivity index (χ0v) is 16.6. The summed E-state index contributed by atoms with van der Waals surface area (Å²) >= 11 is 0. The standard InChI is InChI=1S/C21H26N6O2/c1-21(12-28-13-21)14-29-16-4-6-27-18(10-24-20(27)7-16)17-9-23-11-19(26-17)25-15-3-2-5-22-8-15/h4,6-7,9-11,15,22H,2-3,5,8,12-14H2,1H3,(H,25,26)/t15-/m1/s1. The number of nitrogens with zero attached hydrogens (tertiary/aromatic N) is 4. The first-order valence-corrected chi connectivity index (χ1v) is 10.2. The van der Waals surface area contributed by atoms with Gasteiger partial charge in [-0.15, -0.1) is 0 Å². The van der Waals surface area contributed by atoms with Crippen LogP contribution in [0.4, 0.5) is 5.82 Å². The fourth-order valence-electron chi connectivity index (χ4n) is 3.78. The van der Waals surface area contributed by atoms with Crippen LogP contribution in [-0.4, -0.2) is 58.3 Å². The van der Waals surface area contributed by atoms with Crippen molar-refractivity contribution in [2.75, 3.05) is 38.2 Å². The third-order valence-electron chi connectivity index (χ3n) is 5.52. The van der Waals surface area contributed by atoms with Gasteiger partial charge < -0.3 is 20.1 Å². The Kier molecular flexibility index (Phi) is 4.81. The summed E-state index contributed by atoms with van der Waals surface area (Å²) < 4.78 is 13.3. The molecule has 2 aliphatic heterocycles. The van der Waals surface area contributed by atoms with Crippen LogP contribution in [0.2, 0.25) is 0 Å². The SMILES string of the molecule is CC1(COc2ccn3c(-c4cncc(N[C@@H]5CCCNC5)n4)cnc3c2)COC1. The van der Waals surface area contributed by atoms with E-state index in [2.05, 4.69) is 27.5 Å². The summed E-state index contributed by atoms with van der Waals surface area (Å²) in [5, 5.41) is 6.90. The van der Waals surface area contributed by atoms with Crippen LogP contribution in [-0.2, 0) is 4.74 Å². The monoisotopic (exact) mass is 394 g/mol. The lowest BCUT2D eigenvalue weighted by Crippen LogP contribution is -2.44. The Morgan fingerprint density at radius 3 is 3.07 bits per heavy atom. The molecule has 0 amide bonds. The van der Waals surface area contributed by atoms with Gasteiger partial charge in [-0.3, -0.25) is 9.38 Å². The van der Waals surface area contributed by atoms with Gasteiger partial charge in [0.25, 0.3) is 0 Å². The van der Waals surface area contributed by atoms with E-state index in [1.165, 1.54) is 6.42 Å². The largest absolute Gasteiger partial charge is 0.493 e. The maximum absolute atomic E-state index is 5.96. The van der Waals surface area contributed by atoms with Crippen molar-refractivity contribution in [3.05, 3.63) is 36.9 Å². The highest BCUT2D eigenvalue weighted by Crippen LogP contribution is 2.28. The number of pyridine rings is 1. The first-order valence-electron chi connectivity index (χ1n) is 10.2. The fourth-order valence-corrected chi connectivity index (χ4v) is 3.78. The minimum absolute atomic E-state index is 0.115. The number of piperidine rings is 1. The number of anilines is 1. The minimum Gasteiger partial charge on any atom is -0.493 e. The highest BCUT2D eigenvalue weighted by Gasteiger charge is 2.34. The third-order valence-corrected chi connectivity index (χ3v) is 5.52. The molecule has 29 heavy (non-hydrogen) atoms. The van der Waals surface area contributed by atoms with Gasteiger partial charge in [0.05, 0.1) is 44.1 Å². The average molecular weight is 394 g/mol.